The Morgan fingerprint density at radius 1 is 1.00 bits per heavy atom. The molecule has 0 N–H and O–H groups in total. The van der Waals surface area contributed by atoms with Crippen LogP contribution in [0.3, 0.4) is 0 Å². The minimum absolute atomic E-state index is 0.432. The molecule has 0 bridgehead atoms. The van der Waals surface area contributed by atoms with Crippen LogP contribution in [0.4, 0.5) is 0 Å². The molecule has 0 rings (SSSR count). The molecule has 0 spiro atoms. The Morgan fingerprint density at radius 2 is 1.33 bits per heavy atom. The summed E-state index contributed by atoms with van der Waals surface area (Å²) in [5, 5.41) is 0. The molecule has 0 aliphatic heterocycles. The number of nitrogens with zero attached hydrogens (tertiary/aromatic N) is 1. The number of hydrogen-bond donors (Lipinski definition) is 0. The summed E-state index contributed by atoms with van der Waals surface area (Å²) in [6.45, 7) is 6.83. The molecule has 0 aromatic rings. The van der Waals surface area contributed by atoms with Gasteiger partial charge >= 0.3 is 0 Å². The van der Waals surface area contributed by atoms with Crippen molar-refractivity contribution in [3.05, 3.63) is 0 Å². The lowest BCUT2D eigenvalue weighted by Gasteiger charge is -2.38. The summed E-state index contributed by atoms with van der Waals surface area (Å²) in [6, 6.07) is 0. The Morgan fingerprint density at radius 3 is 1.33 bits per heavy atom. The highest BCUT2D eigenvalue weighted by Gasteiger charge is 2.10. The second-order valence-electron chi connectivity index (χ2n) is 2.89. The zero-order chi connectivity index (χ0) is 7.49. The van der Waals surface area contributed by atoms with Crippen LogP contribution < -0.4 is 0 Å². The van der Waals surface area contributed by atoms with Crippen LogP contribution in [0.5, 0.6) is 0 Å². The van der Waals surface area contributed by atoms with E-state index in [9.17, 15) is 0 Å². The van der Waals surface area contributed by atoms with Crippen molar-refractivity contribution in [3.63, 3.8) is 0 Å². The van der Waals surface area contributed by atoms with E-state index in [0.717, 1.165) is 0 Å². The van der Waals surface area contributed by atoms with Gasteiger partial charge in [0.15, 0.2) is 0 Å². The van der Waals surface area contributed by atoms with Crippen molar-refractivity contribution in [2.45, 2.75) is 13.8 Å². The molecule has 0 saturated carbocycles. The Kier molecular flexibility index (Phi) is 3.59. The molecule has 0 radical (unpaired) electrons. The molecule has 0 aromatic heterocycles. The Bertz CT molecular complexity index is 71.5. The summed E-state index contributed by atoms with van der Waals surface area (Å²) in [4.78, 5) is 0. The van der Waals surface area contributed by atoms with Gasteiger partial charge in [-0.2, -0.15) is 10.2 Å². The van der Waals surface area contributed by atoms with Crippen LogP contribution in [0.1, 0.15) is 13.8 Å². The Labute approximate surface area is 60.9 Å². The zero-order valence-electron chi connectivity index (χ0n) is 7.27. The highest BCUT2D eigenvalue weighted by molar-refractivity contribution is 8.30. The maximum Gasteiger partial charge on any atom is 0.00452 e. The maximum absolute atomic E-state index is 2.52. The third kappa shape index (κ3) is 3.11. The predicted molar refractivity (Wildman–Crippen MR) is 48.3 cm³/mol. The van der Waals surface area contributed by atoms with Crippen molar-refractivity contribution in [2.75, 3.05) is 31.9 Å². The molecule has 58 valence electrons. The van der Waals surface area contributed by atoms with Gasteiger partial charge in [0.05, 0.1) is 0 Å². The van der Waals surface area contributed by atoms with E-state index in [1.165, 1.54) is 13.1 Å². The maximum atomic E-state index is 2.52. The quantitative estimate of drug-likeness (QED) is 0.593. The second-order valence-corrected chi connectivity index (χ2v) is 6.95. The standard InChI is InChI=1S/C7H19NS/c1-6-8(7-2)9(3,4)5/h6-7H2,1-5H3. The average molecular weight is 149 g/mol. The first-order chi connectivity index (χ1) is 4.02. The lowest BCUT2D eigenvalue weighted by atomic mass is 10.7. The topological polar surface area (TPSA) is 3.24 Å². The van der Waals surface area contributed by atoms with Crippen LogP contribution in [0, 0.1) is 0 Å². The molecule has 0 atom stereocenters. The van der Waals surface area contributed by atoms with Crippen molar-refractivity contribution in [1.82, 2.24) is 4.31 Å². The molecule has 0 unspecified atom stereocenters. The van der Waals surface area contributed by atoms with E-state index in [-0.39, 0.29) is 0 Å². The minimum Gasteiger partial charge on any atom is -0.269 e. The predicted octanol–water partition coefficient (Wildman–Crippen LogP) is 1.94. The largest absolute Gasteiger partial charge is 0.269 e. The molecule has 0 amide bonds. The fourth-order valence-corrected chi connectivity index (χ4v) is 2.55. The minimum atomic E-state index is -0.432. The smallest absolute Gasteiger partial charge is 0.00452 e. The van der Waals surface area contributed by atoms with Gasteiger partial charge < -0.3 is 0 Å². The average Bonchev–Trinajstić information content (AvgIpc) is 1.65. The SMILES string of the molecule is CCN(CC)S(C)(C)C. The third-order valence-corrected chi connectivity index (χ3v) is 3.55. The van der Waals surface area contributed by atoms with Crippen LogP contribution >= 0.6 is 10.2 Å². The van der Waals surface area contributed by atoms with Crippen molar-refractivity contribution < 1.29 is 0 Å². The van der Waals surface area contributed by atoms with Crippen molar-refractivity contribution in [2.24, 2.45) is 0 Å². The summed E-state index contributed by atoms with van der Waals surface area (Å²) < 4.78 is 2.52. The molecule has 0 heterocycles. The van der Waals surface area contributed by atoms with Crippen molar-refractivity contribution in [3.8, 4) is 0 Å². The van der Waals surface area contributed by atoms with Gasteiger partial charge in [-0.05, 0) is 18.8 Å². The van der Waals surface area contributed by atoms with Gasteiger partial charge in [0.1, 0.15) is 0 Å². The number of hydrogen-bond acceptors (Lipinski definition) is 1. The fraction of sp³-hybridized carbons (Fsp3) is 1.00. The normalized spacial score (nSPS) is 14.4. The molecule has 0 aliphatic carbocycles. The molecular weight excluding hydrogens is 130 g/mol. The first kappa shape index (κ1) is 9.31. The highest BCUT2D eigenvalue weighted by atomic mass is 32.3. The lowest BCUT2D eigenvalue weighted by molar-refractivity contribution is 0.514. The van der Waals surface area contributed by atoms with E-state index in [1.54, 1.807) is 0 Å². The molecule has 9 heavy (non-hydrogen) atoms. The first-order valence-corrected chi connectivity index (χ1v) is 6.27. The summed E-state index contributed by atoms with van der Waals surface area (Å²) in [6.07, 6.45) is 7.00. The summed E-state index contributed by atoms with van der Waals surface area (Å²) in [5.74, 6) is 0. The van der Waals surface area contributed by atoms with Gasteiger partial charge in [-0.15, -0.1) is 0 Å². The zero-order valence-corrected chi connectivity index (χ0v) is 8.09. The molecule has 0 aliphatic rings. The fourth-order valence-electron chi connectivity index (χ4n) is 0.998. The molecule has 1 nitrogen and oxygen atoms in total. The molecule has 0 aromatic carbocycles. The third-order valence-electron chi connectivity index (χ3n) is 1.48. The Hall–Kier alpha value is 0.310. The second kappa shape index (κ2) is 3.47. The van der Waals surface area contributed by atoms with E-state index < -0.39 is 10.2 Å². The molecule has 0 saturated heterocycles. The van der Waals surface area contributed by atoms with E-state index in [2.05, 4.69) is 36.9 Å². The molecule has 2 heteroatoms. The summed E-state index contributed by atoms with van der Waals surface area (Å²) >= 11 is 0. The van der Waals surface area contributed by atoms with Gasteiger partial charge in [0.2, 0.25) is 0 Å². The van der Waals surface area contributed by atoms with E-state index in [1.807, 2.05) is 0 Å². The first-order valence-electron chi connectivity index (χ1n) is 3.45. The van der Waals surface area contributed by atoms with Crippen LogP contribution in [-0.4, -0.2) is 36.2 Å². The van der Waals surface area contributed by atoms with Gasteiger partial charge in [-0.1, -0.05) is 13.8 Å². The van der Waals surface area contributed by atoms with Crippen LogP contribution in [0.15, 0.2) is 0 Å². The van der Waals surface area contributed by atoms with Gasteiger partial charge in [-0.3, -0.25) is 4.31 Å². The van der Waals surface area contributed by atoms with Crippen molar-refractivity contribution in [1.29, 1.82) is 0 Å². The van der Waals surface area contributed by atoms with Crippen LogP contribution in [0.2, 0.25) is 0 Å². The van der Waals surface area contributed by atoms with Crippen LogP contribution in [0.25, 0.3) is 0 Å². The van der Waals surface area contributed by atoms with Gasteiger partial charge in [0, 0.05) is 13.1 Å². The lowest BCUT2D eigenvalue weighted by Crippen LogP contribution is -2.25. The number of rotatable bonds is 3. The van der Waals surface area contributed by atoms with E-state index in [4.69, 9.17) is 0 Å². The van der Waals surface area contributed by atoms with Crippen molar-refractivity contribution >= 4 is 10.2 Å². The monoisotopic (exact) mass is 149 g/mol. The highest BCUT2D eigenvalue weighted by Crippen LogP contribution is 2.38. The van der Waals surface area contributed by atoms with Gasteiger partial charge in [-0.25, -0.2) is 0 Å². The van der Waals surface area contributed by atoms with Crippen LogP contribution in [-0.2, 0) is 0 Å². The summed E-state index contributed by atoms with van der Waals surface area (Å²) in [7, 11) is -0.432. The summed E-state index contributed by atoms with van der Waals surface area (Å²) in [5.41, 5.74) is 0. The molecule has 0 fully saturated rings. The molecular formula is C7H19NS. The van der Waals surface area contributed by atoms with Gasteiger partial charge in [0.25, 0.3) is 0 Å². The van der Waals surface area contributed by atoms with E-state index >= 15 is 0 Å². The van der Waals surface area contributed by atoms with E-state index in [0.29, 0.717) is 0 Å². The Balaban J connectivity index is 3.79.